The van der Waals surface area contributed by atoms with Gasteiger partial charge in [-0.15, -0.1) is 0 Å². The maximum absolute atomic E-state index is 12.9. The van der Waals surface area contributed by atoms with Crippen LogP contribution in [0.2, 0.25) is 0 Å². The summed E-state index contributed by atoms with van der Waals surface area (Å²) in [4.78, 5) is 33.9. The molecule has 0 bridgehead atoms. The van der Waals surface area contributed by atoms with Gasteiger partial charge < -0.3 is 14.4 Å². The van der Waals surface area contributed by atoms with E-state index in [1.807, 2.05) is 36.4 Å². The van der Waals surface area contributed by atoms with Crippen LogP contribution < -0.4 is 9.47 Å². The summed E-state index contributed by atoms with van der Waals surface area (Å²) in [6.45, 7) is 9.09. The van der Waals surface area contributed by atoms with E-state index < -0.39 is 0 Å². The van der Waals surface area contributed by atoms with Crippen molar-refractivity contribution < 1.29 is 19.1 Å². The minimum absolute atomic E-state index is 0.00768. The first-order chi connectivity index (χ1) is 16.4. The van der Waals surface area contributed by atoms with E-state index >= 15 is 0 Å². The van der Waals surface area contributed by atoms with Crippen molar-refractivity contribution in [2.75, 3.05) is 33.9 Å². The predicted octanol–water partition coefficient (Wildman–Crippen LogP) is 3.82. The van der Waals surface area contributed by atoms with Crippen LogP contribution in [0.25, 0.3) is 0 Å². The number of carbonyl (C=O) groups is 2. The number of benzene rings is 1. The van der Waals surface area contributed by atoms with Crippen molar-refractivity contribution in [1.82, 2.24) is 14.8 Å². The van der Waals surface area contributed by atoms with Crippen LogP contribution in [0.5, 0.6) is 11.5 Å². The lowest BCUT2D eigenvalue weighted by molar-refractivity contribution is -0.133. The molecule has 1 saturated heterocycles. The van der Waals surface area contributed by atoms with Gasteiger partial charge in [-0.25, -0.2) is 0 Å². The van der Waals surface area contributed by atoms with Crippen molar-refractivity contribution in [3.63, 3.8) is 0 Å². The minimum atomic E-state index is -0.327. The quantitative estimate of drug-likeness (QED) is 0.452. The molecule has 1 amide bonds. The fraction of sp³-hybridized carbons (Fsp3) is 0.346. The summed E-state index contributed by atoms with van der Waals surface area (Å²) >= 11 is 1.30. The molecule has 8 heteroatoms. The third kappa shape index (κ3) is 6.71. The molecule has 34 heavy (non-hydrogen) atoms. The van der Waals surface area contributed by atoms with Gasteiger partial charge in [0.05, 0.1) is 17.9 Å². The molecular formula is C26H31N3O4S. The second kappa shape index (κ2) is 12.4. The molecule has 1 aliphatic heterocycles. The van der Waals surface area contributed by atoms with E-state index in [0.717, 1.165) is 5.69 Å². The summed E-state index contributed by atoms with van der Waals surface area (Å²) < 4.78 is 11.4. The minimum Gasteiger partial charge on any atom is -0.486 e. The molecule has 180 valence electrons. The van der Waals surface area contributed by atoms with E-state index in [4.69, 9.17) is 9.47 Å². The number of likely N-dealkylation sites (N-methyl/N-ethyl adjacent to an activating group) is 1. The molecule has 0 spiro atoms. The Bertz CT molecular complexity index is 1010. The van der Waals surface area contributed by atoms with Crippen LogP contribution in [-0.4, -0.2) is 71.0 Å². The zero-order chi connectivity index (χ0) is 24.5. The number of hydrogen-bond acceptors (Lipinski definition) is 7. The first-order valence-electron chi connectivity index (χ1n) is 11.1. The Hall–Kier alpha value is -3.10. The zero-order valence-corrected chi connectivity index (χ0v) is 20.5. The normalized spacial score (nSPS) is 17.7. The second-order valence-corrected chi connectivity index (χ2v) is 9.40. The Morgan fingerprint density at radius 3 is 2.47 bits per heavy atom. The Balaban J connectivity index is 1.77. The SMILES string of the molecule is C=CCOc1cnc(CN2C[C@@H](SC(=O)c3ccccc3)C[C@H]2C(=O)N(C)C)cc1OCC=C. The highest BCUT2D eigenvalue weighted by Gasteiger charge is 2.39. The first kappa shape index (κ1) is 25.5. The summed E-state index contributed by atoms with van der Waals surface area (Å²) in [6, 6.07) is 10.7. The molecule has 0 aliphatic carbocycles. The number of hydrogen-bond donors (Lipinski definition) is 0. The molecule has 0 radical (unpaired) electrons. The van der Waals surface area contributed by atoms with Gasteiger partial charge in [0.25, 0.3) is 0 Å². The van der Waals surface area contributed by atoms with E-state index in [0.29, 0.717) is 49.8 Å². The molecule has 2 aromatic rings. The predicted molar refractivity (Wildman–Crippen MR) is 135 cm³/mol. The monoisotopic (exact) mass is 481 g/mol. The third-order valence-corrected chi connectivity index (χ3v) is 6.47. The number of ether oxygens (including phenoxy) is 2. The Labute approximate surface area is 205 Å². The van der Waals surface area contributed by atoms with Crippen molar-refractivity contribution in [3.8, 4) is 11.5 Å². The van der Waals surface area contributed by atoms with Crippen molar-refractivity contribution in [2.45, 2.75) is 24.3 Å². The first-order valence-corrected chi connectivity index (χ1v) is 12.0. The summed E-state index contributed by atoms with van der Waals surface area (Å²) in [5.41, 5.74) is 1.42. The number of carbonyl (C=O) groups excluding carboxylic acids is 2. The summed E-state index contributed by atoms with van der Waals surface area (Å²) in [5.74, 6) is 1.10. The lowest BCUT2D eigenvalue weighted by Gasteiger charge is -2.25. The number of thioether (sulfide) groups is 1. The number of pyridine rings is 1. The lowest BCUT2D eigenvalue weighted by Crippen LogP contribution is -2.42. The number of nitrogens with zero attached hydrogens (tertiary/aromatic N) is 3. The van der Waals surface area contributed by atoms with Crippen LogP contribution in [0, 0.1) is 0 Å². The Kier molecular flexibility index (Phi) is 9.30. The van der Waals surface area contributed by atoms with Gasteiger partial charge in [-0.3, -0.25) is 19.5 Å². The highest BCUT2D eigenvalue weighted by Crippen LogP contribution is 2.33. The van der Waals surface area contributed by atoms with Gasteiger partial charge in [0.1, 0.15) is 13.2 Å². The molecule has 7 nitrogen and oxygen atoms in total. The van der Waals surface area contributed by atoms with Crippen molar-refractivity contribution in [3.05, 3.63) is 79.2 Å². The maximum Gasteiger partial charge on any atom is 0.239 e. The average molecular weight is 482 g/mol. The van der Waals surface area contributed by atoms with Crippen molar-refractivity contribution >= 4 is 22.8 Å². The van der Waals surface area contributed by atoms with Gasteiger partial charge in [0, 0.05) is 44.1 Å². The zero-order valence-electron chi connectivity index (χ0n) is 19.7. The number of aromatic nitrogens is 1. The Morgan fingerprint density at radius 1 is 1.15 bits per heavy atom. The average Bonchev–Trinajstić information content (AvgIpc) is 3.23. The van der Waals surface area contributed by atoms with Crippen molar-refractivity contribution in [2.24, 2.45) is 0 Å². The molecular weight excluding hydrogens is 450 g/mol. The van der Waals surface area contributed by atoms with Crippen LogP contribution >= 0.6 is 11.8 Å². The molecule has 0 unspecified atom stereocenters. The van der Waals surface area contributed by atoms with Crippen LogP contribution in [0.3, 0.4) is 0 Å². The van der Waals surface area contributed by atoms with Gasteiger partial charge in [0.15, 0.2) is 11.5 Å². The number of likely N-dealkylation sites (tertiary alicyclic amines) is 1. The molecule has 0 N–H and O–H groups in total. The van der Waals surface area contributed by atoms with Gasteiger partial charge in [-0.1, -0.05) is 67.4 Å². The summed E-state index contributed by atoms with van der Waals surface area (Å²) in [7, 11) is 3.50. The molecule has 1 aromatic carbocycles. The third-order valence-electron chi connectivity index (χ3n) is 5.34. The molecule has 1 aromatic heterocycles. The smallest absolute Gasteiger partial charge is 0.239 e. The van der Waals surface area contributed by atoms with Gasteiger partial charge >= 0.3 is 0 Å². The second-order valence-electron chi connectivity index (χ2n) is 8.13. The van der Waals surface area contributed by atoms with Gasteiger partial charge in [-0.05, 0) is 6.42 Å². The molecule has 2 atom stereocenters. The van der Waals surface area contributed by atoms with Crippen LogP contribution in [0.4, 0.5) is 0 Å². The molecule has 0 saturated carbocycles. The maximum atomic E-state index is 12.9. The molecule has 1 aliphatic rings. The van der Waals surface area contributed by atoms with E-state index in [2.05, 4.69) is 23.0 Å². The molecule has 3 rings (SSSR count). The van der Waals surface area contributed by atoms with Crippen LogP contribution in [0.1, 0.15) is 22.5 Å². The van der Waals surface area contributed by atoms with E-state index in [1.54, 1.807) is 37.3 Å². The fourth-order valence-corrected chi connectivity index (χ4v) is 4.87. The standard InChI is InChI=1S/C26H31N3O4S/c1-5-12-32-23-14-20(27-16-24(23)33-13-6-2)17-29-18-21(15-22(29)25(30)28(3)4)34-26(31)19-10-8-7-9-11-19/h5-11,14,16,21-22H,1-2,12-13,15,17-18H2,3-4H3/t21-,22-/m0/s1. The fourth-order valence-electron chi connectivity index (χ4n) is 3.75. The van der Waals surface area contributed by atoms with E-state index in [9.17, 15) is 9.59 Å². The van der Waals surface area contributed by atoms with Gasteiger partial charge in [0.2, 0.25) is 11.0 Å². The Morgan fingerprint density at radius 2 is 1.82 bits per heavy atom. The highest BCUT2D eigenvalue weighted by molar-refractivity contribution is 8.14. The molecule has 1 fully saturated rings. The van der Waals surface area contributed by atoms with E-state index in [1.165, 1.54) is 11.8 Å². The number of amides is 1. The van der Waals surface area contributed by atoms with Gasteiger partial charge in [-0.2, -0.15) is 0 Å². The van der Waals surface area contributed by atoms with Crippen molar-refractivity contribution in [1.29, 1.82) is 0 Å². The number of rotatable bonds is 11. The largest absolute Gasteiger partial charge is 0.486 e. The molecule has 2 heterocycles. The summed E-state index contributed by atoms with van der Waals surface area (Å²) in [6.07, 6.45) is 5.54. The highest BCUT2D eigenvalue weighted by atomic mass is 32.2. The van der Waals surface area contributed by atoms with Crippen LogP contribution in [0.15, 0.2) is 67.9 Å². The van der Waals surface area contributed by atoms with E-state index in [-0.39, 0.29) is 22.3 Å². The van der Waals surface area contributed by atoms with Crippen LogP contribution in [-0.2, 0) is 11.3 Å². The topological polar surface area (TPSA) is 72.0 Å². The lowest BCUT2D eigenvalue weighted by atomic mass is 10.2. The summed E-state index contributed by atoms with van der Waals surface area (Å²) in [5, 5.41) is 0.0266.